The van der Waals surface area contributed by atoms with E-state index in [-0.39, 0.29) is 23.6 Å². The largest absolute Gasteiger partial charge is 0.357 e. The molecule has 1 aliphatic heterocycles. The number of benzene rings is 1. The lowest BCUT2D eigenvalue weighted by molar-refractivity contribution is -0.131. The number of anilines is 2. The Kier molecular flexibility index (Phi) is 7.05. The van der Waals surface area contributed by atoms with Crippen molar-refractivity contribution in [1.82, 2.24) is 43.9 Å². The second-order valence-corrected chi connectivity index (χ2v) is 10.4. The maximum atomic E-state index is 13.6. The average molecular weight is 577 g/mol. The summed E-state index contributed by atoms with van der Waals surface area (Å²) in [6, 6.07) is 9.03. The Bertz CT molecular complexity index is 1900. The van der Waals surface area contributed by atoms with E-state index in [1.807, 2.05) is 23.1 Å². The van der Waals surface area contributed by atoms with Crippen molar-refractivity contribution in [3.8, 4) is 0 Å². The van der Waals surface area contributed by atoms with Gasteiger partial charge in [-0.15, -0.1) is 0 Å². The molecule has 3 N–H and O–H groups in total. The maximum absolute atomic E-state index is 13.6. The van der Waals surface area contributed by atoms with Gasteiger partial charge in [-0.05, 0) is 24.3 Å². The summed E-state index contributed by atoms with van der Waals surface area (Å²) in [5.41, 5.74) is 1.05. The van der Waals surface area contributed by atoms with Crippen molar-refractivity contribution >= 4 is 51.3 Å². The molecule has 0 spiro atoms. The molecule has 0 aliphatic carbocycles. The Balaban J connectivity index is 1.26. The lowest BCUT2D eigenvalue weighted by Crippen LogP contribution is -2.46. The fourth-order valence-electron chi connectivity index (χ4n) is 5.12. The topological polar surface area (TPSA) is 148 Å². The van der Waals surface area contributed by atoms with E-state index >= 15 is 0 Å². The Hall–Kier alpha value is -4.49. The number of piperazine rings is 1. The first-order valence-corrected chi connectivity index (χ1v) is 13.7. The van der Waals surface area contributed by atoms with Gasteiger partial charge in [-0.2, -0.15) is 4.98 Å². The van der Waals surface area contributed by atoms with E-state index in [1.165, 1.54) is 9.13 Å². The third-order valence-corrected chi connectivity index (χ3v) is 7.66. The number of carbonyl (C=O) groups is 1. The molecule has 0 saturated carbocycles. The fraction of sp³-hybridized carbons (Fsp3) is 0.333. The van der Waals surface area contributed by atoms with Gasteiger partial charge in [-0.25, -0.2) is 14.8 Å². The standard InChI is InChI=1S/C27H29ClN10O3/c1-35-23-24(36(2)27(41)38(25(23)40)15-16-14-17-18(28)4-3-5-19(17)31-16)34-26(35)33-21-8-9-30-20(32-21)6-7-22(39)37-12-10-29-11-13-37/h3-5,8-9,14,29,31H,6-7,10-13,15H2,1-2H3,(H,30,32,33,34). The first-order valence-electron chi connectivity index (χ1n) is 13.3. The van der Waals surface area contributed by atoms with Gasteiger partial charge in [-0.3, -0.25) is 18.7 Å². The minimum atomic E-state index is -0.490. The van der Waals surface area contributed by atoms with Crippen LogP contribution in [0.5, 0.6) is 0 Å². The number of hydrogen-bond donors (Lipinski definition) is 3. The van der Waals surface area contributed by atoms with Crippen molar-refractivity contribution in [2.24, 2.45) is 14.1 Å². The van der Waals surface area contributed by atoms with Crippen molar-refractivity contribution in [2.45, 2.75) is 19.4 Å². The first kappa shape index (κ1) is 26.7. The molecule has 6 rings (SSSR count). The molecule has 1 saturated heterocycles. The van der Waals surface area contributed by atoms with Crippen LogP contribution in [0.2, 0.25) is 5.02 Å². The third kappa shape index (κ3) is 5.09. The molecule has 1 fully saturated rings. The van der Waals surface area contributed by atoms with E-state index < -0.39 is 11.2 Å². The number of rotatable bonds is 7. The number of amides is 1. The summed E-state index contributed by atoms with van der Waals surface area (Å²) >= 11 is 6.30. The van der Waals surface area contributed by atoms with Crippen molar-refractivity contribution in [3.05, 3.63) is 73.9 Å². The van der Waals surface area contributed by atoms with Crippen LogP contribution in [0.1, 0.15) is 17.9 Å². The molecule has 1 aliphatic rings. The zero-order chi connectivity index (χ0) is 28.7. The van der Waals surface area contributed by atoms with Crippen LogP contribution in [0.25, 0.3) is 22.1 Å². The molecule has 41 heavy (non-hydrogen) atoms. The number of fused-ring (bicyclic) bond motifs is 2. The monoisotopic (exact) mass is 576 g/mol. The zero-order valence-corrected chi connectivity index (χ0v) is 23.4. The molecule has 0 atom stereocenters. The maximum Gasteiger partial charge on any atom is 0.332 e. The molecule has 0 unspecified atom stereocenters. The normalized spacial score (nSPS) is 13.8. The fourth-order valence-corrected chi connectivity index (χ4v) is 5.35. The van der Waals surface area contributed by atoms with Gasteiger partial charge in [0.1, 0.15) is 11.6 Å². The van der Waals surface area contributed by atoms with E-state index in [0.29, 0.717) is 54.2 Å². The molecule has 14 heteroatoms. The number of aryl methyl sites for hydroxylation is 3. The molecule has 5 heterocycles. The molecule has 0 radical (unpaired) electrons. The Morgan fingerprint density at radius 1 is 1.10 bits per heavy atom. The number of halogens is 1. The molecule has 1 amide bonds. The Morgan fingerprint density at radius 2 is 1.90 bits per heavy atom. The lowest BCUT2D eigenvalue weighted by Gasteiger charge is -2.27. The number of nitrogens with one attached hydrogen (secondary N) is 3. The number of imidazole rings is 1. The van der Waals surface area contributed by atoms with E-state index in [4.69, 9.17) is 11.6 Å². The molecular formula is C27H29ClN10O3. The predicted molar refractivity (Wildman–Crippen MR) is 156 cm³/mol. The number of hydrogen-bond acceptors (Lipinski definition) is 8. The minimum absolute atomic E-state index is 0.0440. The van der Waals surface area contributed by atoms with Crippen molar-refractivity contribution < 1.29 is 4.79 Å². The highest BCUT2D eigenvalue weighted by Crippen LogP contribution is 2.24. The summed E-state index contributed by atoms with van der Waals surface area (Å²) in [4.78, 5) is 57.8. The van der Waals surface area contributed by atoms with Gasteiger partial charge in [-0.1, -0.05) is 17.7 Å². The van der Waals surface area contributed by atoms with Gasteiger partial charge >= 0.3 is 5.69 Å². The van der Waals surface area contributed by atoms with Crippen LogP contribution in [-0.4, -0.2) is 70.6 Å². The summed E-state index contributed by atoms with van der Waals surface area (Å²) in [7, 11) is 3.28. The highest BCUT2D eigenvalue weighted by molar-refractivity contribution is 6.35. The summed E-state index contributed by atoms with van der Waals surface area (Å²) in [6.07, 6.45) is 2.33. The summed E-state index contributed by atoms with van der Waals surface area (Å²) in [5.74, 6) is 1.40. The van der Waals surface area contributed by atoms with Gasteiger partial charge in [0.2, 0.25) is 11.9 Å². The van der Waals surface area contributed by atoms with Crippen LogP contribution in [0.4, 0.5) is 11.8 Å². The predicted octanol–water partition coefficient (Wildman–Crippen LogP) is 1.51. The number of aromatic amines is 1. The van der Waals surface area contributed by atoms with E-state index in [0.717, 1.165) is 24.0 Å². The van der Waals surface area contributed by atoms with Crippen LogP contribution in [0, 0.1) is 0 Å². The summed E-state index contributed by atoms with van der Waals surface area (Å²) in [5, 5.41) is 7.78. The number of H-pyrrole nitrogens is 1. The lowest BCUT2D eigenvalue weighted by atomic mass is 10.2. The quantitative estimate of drug-likeness (QED) is 0.264. The van der Waals surface area contributed by atoms with Gasteiger partial charge in [0.25, 0.3) is 5.56 Å². The van der Waals surface area contributed by atoms with Crippen LogP contribution in [-0.2, 0) is 31.9 Å². The molecule has 0 bridgehead atoms. The van der Waals surface area contributed by atoms with Gasteiger partial charge < -0.3 is 25.1 Å². The Labute approximate surface area is 238 Å². The van der Waals surface area contributed by atoms with E-state index in [9.17, 15) is 14.4 Å². The first-order chi connectivity index (χ1) is 19.8. The van der Waals surface area contributed by atoms with Gasteiger partial charge in [0.05, 0.1) is 6.54 Å². The summed E-state index contributed by atoms with van der Waals surface area (Å²) < 4.78 is 4.13. The van der Waals surface area contributed by atoms with Crippen molar-refractivity contribution in [1.29, 1.82) is 0 Å². The third-order valence-electron chi connectivity index (χ3n) is 7.33. The molecule has 5 aromatic rings. The van der Waals surface area contributed by atoms with Crippen LogP contribution >= 0.6 is 11.6 Å². The minimum Gasteiger partial charge on any atom is -0.357 e. The van der Waals surface area contributed by atoms with Crippen molar-refractivity contribution in [2.75, 3.05) is 31.5 Å². The summed E-state index contributed by atoms with van der Waals surface area (Å²) in [6.45, 7) is 3.05. The second kappa shape index (κ2) is 10.8. The highest BCUT2D eigenvalue weighted by atomic mass is 35.5. The number of carbonyl (C=O) groups excluding carboxylic acids is 1. The van der Waals surface area contributed by atoms with Gasteiger partial charge in [0, 0.05) is 80.9 Å². The molecule has 13 nitrogen and oxygen atoms in total. The average Bonchev–Trinajstić information content (AvgIpc) is 3.55. The van der Waals surface area contributed by atoms with Gasteiger partial charge in [0.15, 0.2) is 11.2 Å². The van der Waals surface area contributed by atoms with Crippen LogP contribution in [0.15, 0.2) is 46.1 Å². The van der Waals surface area contributed by atoms with Crippen molar-refractivity contribution in [3.63, 3.8) is 0 Å². The molecule has 4 aromatic heterocycles. The second-order valence-electron chi connectivity index (χ2n) is 10.0. The van der Waals surface area contributed by atoms with E-state index in [2.05, 4.69) is 30.6 Å². The number of aromatic nitrogens is 7. The molecule has 212 valence electrons. The van der Waals surface area contributed by atoms with Crippen LogP contribution < -0.4 is 21.9 Å². The SMILES string of the molecule is Cn1c(Nc2ccnc(CCC(=O)N3CCNCC3)n2)nc2c1c(=O)n(Cc1cc3c(Cl)cccc3[nH]1)c(=O)n2C. The smallest absolute Gasteiger partial charge is 0.332 e. The zero-order valence-electron chi connectivity index (χ0n) is 22.6. The molecular weight excluding hydrogens is 548 g/mol. The number of nitrogens with zero attached hydrogens (tertiary/aromatic N) is 7. The highest BCUT2D eigenvalue weighted by Gasteiger charge is 2.20. The van der Waals surface area contributed by atoms with Crippen LogP contribution in [0.3, 0.4) is 0 Å². The van der Waals surface area contributed by atoms with E-state index in [1.54, 1.807) is 37.0 Å². The molecule has 1 aromatic carbocycles. The Morgan fingerprint density at radius 3 is 2.68 bits per heavy atom.